The molecule has 1 atom stereocenters. The van der Waals surface area contributed by atoms with E-state index < -0.39 is 12.1 Å². The van der Waals surface area contributed by atoms with Crippen LogP contribution in [-0.4, -0.2) is 15.9 Å². The first-order chi connectivity index (χ1) is 11.0. The standard InChI is InChI=1S/C17H16N2O4/c1-9-8-13(10(2)22-9)17(21)23-11(3)15-18-14-7-5-4-6-12(14)16(20)19-15/h4-8,11H,1-3H3,(H,18,19,20)/t11-/m0/s1. The summed E-state index contributed by atoms with van der Waals surface area (Å²) >= 11 is 0. The molecule has 0 saturated heterocycles. The Hall–Kier alpha value is -2.89. The number of furan rings is 1. The number of aryl methyl sites for hydroxylation is 2. The van der Waals surface area contributed by atoms with Gasteiger partial charge in [-0.1, -0.05) is 12.1 Å². The number of nitrogens with zero attached hydrogens (tertiary/aromatic N) is 1. The highest BCUT2D eigenvalue weighted by molar-refractivity contribution is 5.90. The fraction of sp³-hybridized carbons (Fsp3) is 0.235. The maximum atomic E-state index is 12.2. The number of fused-ring (bicyclic) bond motifs is 1. The molecule has 0 saturated carbocycles. The van der Waals surface area contributed by atoms with Gasteiger partial charge in [0.1, 0.15) is 17.1 Å². The Labute approximate surface area is 132 Å². The minimum absolute atomic E-state index is 0.260. The topological polar surface area (TPSA) is 85.2 Å². The number of esters is 1. The highest BCUT2D eigenvalue weighted by atomic mass is 16.5. The zero-order valence-corrected chi connectivity index (χ0v) is 13.0. The lowest BCUT2D eigenvalue weighted by molar-refractivity contribution is 0.0318. The maximum Gasteiger partial charge on any atom is 0.342 e. The Morgan fingerprint density at radius 3 is 2.74 bits per heavy atom. The van der Waals surface area contributed by atoms with Gasteiger partial charge >= 0.3 is 5.97 Å². The van der Waals surface area contributed by atoms with Gasteiger partial charge in [0.25, 0.3) is 5.56 Å². The molecule has 0 spiro atoms. The van der Waals surface area contributed by atoms with Crippen molar-refractivity contribution < 1.29 is 13.9 Å². The Bertz CT molecular complexity index is 939. The van der Waals surface area contributed by atoms with Crippen molar-refractivity contribution in [3.8, 4) is 0 Å². The average Bonchev–Trinajstić information content (AvgIpc) is 2.86. The lowest BCUT2D eigenvalue weighted by atomic mass is 10.2. The smallest absolute Gasteiger partial charge is 0.342 e. The number of rotatable bonds is 3. The summed E-state index contributed by atoms with van der Waals surface area (Å²) in [5.74, 6) is 0.932. The average molecular weight is 312 g/mol. The molecule has 0 aliphatic rings. The Morgan fingerprint density at radius 2 is 2.04 bits per heavy atom. The summed E-state index contributed by atoms with van der Waals surface area (Å²) in [5, 5.41) is 0.496. The summed E-state index contributed by atoms with van der Waals surface area (Å²) in [7, 11) is 0. The van der Waals surface area contributed by atoms with Gasteiger partial charge in [0.05, 0.1) is 10.9 Å². The van der Waals surface area contributed by atoms with Gasteiger partial charge in [0, 0.05) is 0 Å². The minimum Gasteiger partial charge on any atom is -0.466 e. The predicted molar refractivity (Wildman–Crippen MR) is 84.4 cm³/mol. The van der Waals surface area contributed by atoms with Gasteiger partial charge in [0.2, 0.25) is 0 Å². The monoisotopic (exact) mass is 312 g/mol. The van der Waals surface area contributed by atoms with Crippen molar-refractivity contribution in [1.82, 2.24) is 9.97 Å². The molecule has 0 bridgehead atoms. The van der Waals surface area contributed by atoms with Crippen LogP contribution in [0.1, 0.15) is 40.7 Å². The number of benzene rings is 1. The van der Waals surface area contributed by atoms with E-state index in [-0.39, 0.29) is 5.56 Å². The van der Waals surface area contributed by atoms with E-state index in [1.54, 1.807) is 51.1 Å². The van der Waals surface area contributed by atoms with Gasteiger partial charge in [-0.2, -0.15) is 0 Å². The van der Waals surface area contributed by atoms with E-state index in [0.717, 1.165) is 0 Å². The number of hydrogen-bond acceptors (Lipinski definition) is 5. The van der Waals surface area contributed by atoms with Crippen LogP contribution in [0.5, 0.6) is 0 Å². The number of ether oxygens (including phenoxy) is 1. The first kappa shape index (κ1) is 15.0. The van der Waals surface area contributed by atoms with Crippen molar-refractivity contribution >= 4 is 16.9 Å². The number of aromatic nitrogens is 2. The van der Waals surface area contributed by atoms with E-state index in [9.17, 15) is 9.59 Å². The summed E-state index contributed by atoms with van der Waals surface area (Å²) in [5.41, 5.74) is 0.672. The van der Waals surface area contributed by atoms with E-state index in [0.29, 0.717) is 33.8 Å². The molecule has 2 heterocycles. The van der Waals surface area contributed by atoms with Crippen LogP contribution in [0.4, 0.5) is 0 Å². The number of hydrogen-bond donors (Lipinski definition) is 1. The number of nitrogens with one attached hydrogen (secondary N) is 1. The number of carbonyl (C=O) groups is 1. The van der Waals surface area contributed by atoms with Crippen molar-refractivity contribution in [2.45, 2.75) is 26.9 Å². The zero-order chi connectivity index (χ0) is 16.6. The second kappa shape index (κ2) is 5.72. The molecule has 118 valence electrons. The lowest BCUT2D eigenvalue weighted by Crippen LogP contribution is -2.17. The van der Waals surface area contributed by atoms with Gasteiger partial charge in [0.15, 0.2) is 11.9 Å². The number of aromatic amines is 1. The molecule has 0 unspecified atom stereocenters. The van der Waals surface area contributed by atoms with Crippen LogP contribution in [0.15, 0.2) is 39.5 Å². The van der Waals surface area contributed by atoms with Crippen molar-refractivity contribution in [2.24, 2.45) is 0 Å². The second-order valence-electron chi connectivity index (χ2n) is 5.34. The van der Waals surface area contributed by atoms with E-state index in [1.807, 2.05) is 0 Å². The molecule has 3 aromatic rings. The molecule has 23 heavy (non-hydrogen) atoms. The minimum atomic E-state index is -0.686. The highest BCUT2D eigenvalue weighted by Crippen LogP contribution is 2.20. The van der Waals surface area contributed by atoms with Gasteiger partial charge < -0.3 is 14.1 Å². The van der Waals surface area contributed by atoms with Crippen LogP contribution in [0, 0.1) is 13.8 Å². The molecule has 0 aliphatic carbocycles. The third-order valence-electron chi connectivity index (χ3n) is 3.56. The van der Waals surface area contributed by atoms with Crippen molar-refractivity contribution in [3.63, 3.8) is 0 Å². The van der Waals surface area contributed by atoms with Crippen LogP contribution < -0.4 is 5.56 Å². The van der Waals surface area contributed by atoms with Gasteiger partial charge in [-0.05, 0) is 39.0 Å². The SMILES string of the molecule is Cc1cc(C(=O)O[C@@H](C)c2nc3ccccc3c(=O)[nH]2)c(C)o1. The number of carbonyl (C=O) groups excluding carboxylic acids is 1. The van der Waals surface area contributed by atoms with E-state index in [2.05, 4.69) is 9.97 Å². The van der Waals surface area contributed by atoms with E-state index in [4.69, 9.17) is 9.15 Å². The van der Waals surface area contributed by atoms with Crippen LogP contribution in [0.3, 0.4) is 0 Å². The van der Waals surface area contributed by atoms with Crippen LogP contribution in [-0.2, 0) is 4.74 Å². The Kier molecular flexibility index (Phi) is 3.73. The molecule has 1 N–H and O–H groups in total. The summed E-state index contributed by atoms with van der Waals surface area (Å²) < 4.78 is 10.7. The molecule has 0 aliphatic heterocycles. The third kappa shape index (κ3) is 2.88. The number of para-hydroxylation sites is 1. The zero-order valence-electron chi connectivity index (χ0n) is 13.0. The molecule has 0 amide bonds. The fourth-order valence-electron chi connectivity index (χ4n) is 2.41. The molecule has 2 aromatic heterocycles. The number of H-pyrrole nitrogens is 1. The Balaban J connectivity index is 1.89. The maximum absolute atomic E-state index is 12.2. The Morgan fingerprint density at radius 1 is 1.30 bits per heavy atom. The van der Waals surface area contributed by atoms with Gasteiger partial charge in [-0.25, -0.2) is 9.78 Å². The predicted octanol–water partition coefficient (Wildman–Crippen LogP) is 3.05. The largest absolute Gasteiger partial charge is 0.466 e. The third-order valence-corrected chi connectivity index (χ3v) is 3.56. The van der Waals surface area contributed by atoms with E-state index in [1.165, 1.54) is 0 Å². The molecule has 6 heteroatoms. The molecule has 0 fully saturated rings. The van der Waals surface area contributed by atoms with Crippen molar-refractivity contribution in [1.29, 1.82) is 0 Å². The molecule has 0 radical (unpaired) electrons. The first-order valence-electron chi connectivity index (χ1n) is 7.22. The fourth-order valence-corrected chi connectivity index (χ4v) is 2.41. The summed E-state index contributed by atoms with van der Waals surface area (Å²) in [6, 6.07) is 8.63. The van der Waals surface area contributed by atoms with E-state index >= 15 is 0 Å². The molecule has 3 rings (SSSR count). The van der Waals surface area contributed by atoms with Crippen LogP contribution in [0.2, 0.25) is 0 Å². The van der Waals surface area contributed by atoms with Gasteiger partial charge in [-0.15, -0.1) is 0 Å². The summed E-state index contributed by atoms with van der Waals surface area (Å²) in [6.07, 6.45) is -0.686. The summed E-state index contributed by atoms with van der Waals surface area (Å²) in [4.78, 5) is 31.3. The second-order valence-corrected chi connectivity index (χ2v) is 5.34. The summed E-state index contributed by atoms with van der Waals surface area (Å²) in [6.45, 7) is 5.12. The molecular weight excluding hydrogens is 296 g/mol. The van der Waals surface area contributed by atoms with Crippen LogP contribution >= 0.6 is 0 Å². The normalized spacial score (nSPS) is 12.3. The van der Waals surface area contributed by atoms with Crippen molar-refractivity contribution in [3.05, 3.63) is 63.6 Å². The lowest BCUT2D eigenvalue weighted by Gasteiger charge is -2.12. The van der Waals surface area contributed by atoms with Crippen molar-refractivity contribution in [2.75, 3.05) is 0 Å². The highest BCUT2D eigenvalue weighted by Gasteiger charge is 2.20. The quantitative estimate of drug-likeness (QED) is 0.751. The van der Waals surface area contributed by atoms with Gasteiger partial charge in [-0.3, -0.25) is 4.79 Å². The van der Waals surface area contributed by atoms with Crippen LogP contribution in [0.25, 0.3) is 10.9 Å². The molecular formula is C17H16N2O4. The molecule has 6 nitrogen and oxygen atoms in total. The first-order valence-corrected chi connectivity index (χ1v) is 7.22. The molecule has 1 aromatic carbocycles.